The Morgan fingerprint density at radius 3 is 2.59 bits per heavy atom. The Kier molecular flexibility index (Phi) is 6.91. The molecule has 22 heavy (non-hydrogen) atoms. The van der Waals surface area contributed by atoms with Crippen molar-refractivity contribution in [2.75, 3.05) is 18.0 Å². The molecular formula is C15H24Cl2N4O. The minimum Gasteiger partial charge on any atom is -0.357 e. The first kappa shape index (κ1) is 19.0. The number of piperidine rings is 1. The Labute approximate surface area is 143 Å². The molecule has 0 radical (unpaired) electrons. The number of aromatic nitrogens is 1. The van der Waals surface area contributed by atoms with Gasteiger partial charge in [-0.2, -0.15) is 0 Å². The second kappa shape index (κ2) is 7.99. The van der Waals surface area contributed by atoms with Crippen LogP contribution in [0.5, 0.6) is 0 Å². The van der Waals surface area contributed by atoms with Crippen LogP contribution in [0, 0.1) is 0 Å². The van der Waals surface area contributed by atoms with Crippen molar-refractivity contribution in [3.63, 3.8) is 0 Å². The Bertz CT molecular complexity index is 502. The average Bonchev–Trinajstić information content (AvgIpc) is 3.25. The molecule has 1 saturated heterocycles. The number of halogens is 2. The molecule has 2 heterocycles. The summed E-state index contributed by atoms with van der Waals surface area (Å²) < 4.78 is 0. The first-order valence-corrected chi connectivity index (χ1v) is 7.44. The Morgan fingerprint density at radius 1 is 1.27 bits per heavy atom. The highest BCUT2D eigenvalue weighted by Gasteiger charge is 2.45. The molecule has 3 rings (SSSR count). The molecule has 1 aliphatic heterocycles. The minimum atomic E-state index is -0.595. The van der Waals surface area contributed by atoms with Gasteiger partial charge in [-0.1, -0.05) is 0 Å². The maximum absolute atomic E-state index is 11.8. The zero-order valence-electron chi connectivity index (χ0n) is 12.6. The molecule has 1 aromatic rings. The number of hydrogen-bond acceptors (Lipinski definition) is 4. The number of carbonyl (C=O) groups excluding carboxylic acids is 1. The van der Waals surface area contributed by atoms with Crippen molar-refractivity contribution in [2.24, 2.45) is 5.73 Å². The molecule has 1 amide bonds. The molecule has 1 aromatic heterocycles. The van der Waals surface area contributed by atoms with E-state index in [4.69, 9.17) is 5.73 Å². The van der Waals surface area contributed by atoms with E-state index in [1.165, 1.54) is 19.3 Å². The van der Waals surface area contributed by atoms with Crippen LogP contribution in [0.3, 0.4) is 0 Å². The molecule has 1 aliphatic carbocycles. The SMILES string of the molecule is Cl.Cl.NC1(C(=O)NCc2ccnc(N3CCCCC3)c2)CC1. The first-order chi connectivity index (χ1) is 9.67. The van der Waals surface area contributed by atoms with Crippen molar-refractivity contribution < 1.29 is 4.79 Å². The van der Waals surface area contributed by atoms with Gasteiger partial charge in [0, 0.05) is 25.8 Å². The summed E-state index contributed by atoms with van der Waals surface area (Å²) in [5, 5.41) is 2.92. The van der Waals surface area contributed by atoms with Crippen molar-refractivity contribution in [1.29, 1.82) is 0 Å². The predicted octanol–water partition coefficient (Wildman–Crippen LogP) is 2.02. The van der Waals surface area contributed by atoms with Crippen LogP contribution >= 0.6 is 24.8 Å². The van der Waals surface area contributed by atoms with Crippen LogP contribution in [-0.4, -0.2) is 29.5 Å². The maximum Gasteiger partial charge on any atom is 0.240 e. The largest absolute Gasteiger partial charge is 0.357 e. The van der Waals surface area contributed by atoms with Crippen molar-refractivity contribution in [3.8, 4) is 0 Å². The molecule has 0 atom stereocenters. The van der Waals surface area contributed by atoms with E-state index >= 15 is 0 Å². The van der Waals surface area contributed by atoms with Gasteiger partial charge in [0.05, 0.1) is 5.54 Å². The van der Waals surface area contributed by atoms with Gasteiger partial charge in [0.2, 0.25) is 5.91 Å². The fraction of sp³-hybridized carbons (Fsp3) is 0.600. The highest BCUT2D eigenvalue weighted by Crippen LogP contribution is 2.32. The number of rotatable bonds is 4. The number of nitrogens with one attached hydrogen (secondary N) is 1. The summed E-state index contributed by atoms with van der Waals surface area (Å²) in [4.78, 5) is 18.6. The molecule has 7 heteroatoms. The molecule has 5 nitrogen and oxygen atoms in total. The second-order valence-electron chi connectivity index (χ2n) is 5.91. The number of nitrogens with two attached hydrogens (primary N) is 1. The number of carbonyl (C=O) groups is 1. The number of hydrogen-bond donors (Lipinski definition) is 2. The van der Waals surface area contributed by atoms with Gasteiger partial charge in [-0.25, -0.2) is 4.98 Å². The van der Waals surface area contributed by atoms with Gasteiger partial charge in [-0.05, 0) is 49.8 Å². The molecule has 0 bridgehead atoms. The maximum atomic E-state index is 11.8. The minimum absolute atomic E-state index is 0. The number of anilines is 1. The molecule has 2 fully saturated rings. The summed E-state index contributed by atoms with van der Waals surface area (Å²) in [5.74, 6) is 0.985. The quantitative estimate of drug-likeness (QED) is 0.874. The van der Waals surface area contributed by atoms with Gasteiger partial charge >= 0.3 is 0 Å². The molecule has 1 saturated carbocycles. The van der Waals surface area contributed by atoms with Crippen molar-refractivity contribution in [1.82, 2.24) is 10.3 Å². The van der Waals surface area contributed by atoms with E-state index in [1.807, 2.05) is 12.3 Å². The van der Waals surface area contributed by atoms with Crippen LogP contribution in [0.25, 0.3) is 0 Å². The standard InChI is InChI=1S/C15H22N4O.2ClH/c16-15(5-6-15)14(20)18-11-12-4-7-17-13(10-12)19-8-2-1-3-9-19;;/h4,7,10H,1-3,5-6,8-9,11,16H2,(H,18,20);2*1H. The average molecular weight is 347 g/mol. The lowest BCUT2D eigenvalue weighted by Gasteiger charge is -2.28. The highest BCUT2D eigenvalue weighted by atomic mass is 35.5. The summed E-state index contributed by atoms with van der Waals surface area (Å²) in [6.45, 7) is 2.69. The van der Waals surface area contributed by atoms with E-state index in [-0.39, 0.29) is 30.7 Å². The van der Waals surface area contributed by atoms with Crippen LogP contribution in [0.1, 0.15) is 37.7 Å². The van der Waals surface area contributed by atoms with Gasteiger partial charge in [-0.15, -0.1) is 24.8 Å². The lowest BCUT2D eigenvalue weighted by molar-refractivity contribution is -0.123. The Hall–Kier alpha value is -1.04. The van der Waals surface area contributed by atoms with Gasteiger partial charge in [0.15, 0.2) is 0 Å². The van der Waals surface area contributed by atoms with E-state index in [0.717, 1.165) is 37.3 Å². The fourth-order valence-electron chi connectivity index (χ4n) is 2.59. The van der Waals surface area contributed by atoms with Crippen molar-refractivity contribution in [3.05, 3.63) is 23.9 Å². The summed E-state index contributed by atoms with van der Waals surface area (Å²) in [7, 11) is 0. The lowest BCUT2D eigenvalue weighted by atomic mass is 10.1. The Morgan fingerprint density at radius 2 is 1.95 bits per heavy atom. The van der Waals surface area contributed by atoms with Gasteiger partial charge in [0.25, 0.3) is 0 Å². The van der Waals surface area contributed by atoms with Crippen molar-refractivity contribution in [2.45, 2.75) is 44.2 Å². The first-order valence-electron chi connectivity index (χ1n) is 7.44. The van der Waals surface area contributed by atoms with Crippen LogP contribution in [0.2, 0.25) is 0 Å². The molecular weight excluding hydrogens is 323 g/mol. The summed E-state index contributed by atoms with van der Waals surface area (Å²) in [5.41, 5.74) is 6.36. The second-order valence-corrected chi connectivity index (χ2v) is 5.91. The normalized spacial score (nSPS) is 18.7. The molecule has 124 valence electrons. The third kappa shape index (κ3) is 4.48. The Balaban J connectivity index is 0.00000121. The predicted molar refractivity (Wildman–Crippen MR) is 92.8 cm³/mol. The molecule has 0 aromatic carbocycles. The fourth-order valence-corrected chi connectivity index (χ4v) is 2.59. The molecule has 3 N–H and O–H groups in total. The number of pyridine rings is 1. The van der Waals surface area contributed by atoms with Crippen LogP contribution in [0.15, 0.2) is 18.3 Å². The third-order valence-electron chi connectivity index (χ3n) is 4.18. The third-order valence-corrected chi connectivity index (χ3v) is 4.18. The van der Waals surface area contributed by atoms with E-state index < -0.39 is 5.54 Å². The van der Waals surface area contributed by atoms with Gasteiger partial charge in [0.1, 0.15) is 5.82 Å². The molecule has 0 unspecified atom stereocenters. The summed E-state index contributed by atoms with van der Waals surface area (Å²) in [6, 6.07) is 4.02. The zero-order valence-corrected chi connectivity index (χ0v) is 14.2. The van der Waals surface area contributed by atoms with E-state index in [2.05, 4.69) is 21.3 Å². The van der Waals surface area contributed by atoms with Crippen LogP contribution in [-0.2, 0) is 11.3 Å². The summed E-state index contributed by atoms with van der Waals surface area (Å²) in [6.07, 6.45) is 7.20. The number of nitrogens with zero attached hydrogens (tertiary/aromatic N) is 2. The lowest BCUT2D eigenvalue weighted by Crippen LogP contribution is -2.42. The van der Waals surface area contributed by atoms with Gasteiger partial charge < -0.3 is 16.0 Å². The van der Waals surface area contributed by atoms with Gasteiger partial charge in [-0.3, -0.25) is 4.79 Å². The van der Waals surface area contributed by atoms with E-state index in [0.29, 0.717) is 6.54 Å². The monoisotopic (exact) mass is 346 g/mol. The topological polar surface area (TPSA) is 71.2 Å². The van der Waals surface area contributed by atoms with Crippen LogP contribution < -0.4 is 16.0 Å². The highest BCUT2D eigenvalue weighted by molar-refractivity contribution is 5.88. The number of amides is 1. The van der Waals surface area contributed by atoms with E-state index in [9.17, 15) is 4.79 Å². The van der Waals surface area contributed by atoms with E-state index in [1.54, 1.807) is 0 Å². The summed E-state index contributed by atoms with van der Waals surface area (Å²) >= 11 is 0. The molecule has 2 aliphatic rings. The van der Waals surface area contributed by atoms with Crippen LogP contribution in [0.4, 0.5) is 5.82 Å². The zero-order chi connectivity index (χ0) is 14.0. The smallest absolute Gasteiger partial charge is 0.240 e. The van der Waals surface area contributed by atoms with Crippen molar-refractivity contribution >= 4 is 36.5 Å². The molecule has 0 spiro atoms.